The molecule has 0 spiro atoms. The average Bonchev–Trinajstić information content (AvgIpc) is 3.58. The second kappa shape index (κ2) is 9.73. The first kappa shape index (κ1) is 21.6. The highest BCUT2D eigenvalue weighted by Crippen LogP contribution is 2.34. The maximum Gasteiger partial charge on any atom is 0.230 e. The Hall–Kier alpha value is -3.22. The van der Waals surface area contributed by atoms with E-state index in [1.807, 2.05) is 53.6 Å². The van der Waals surface area contributed by atoms with Crippen LogP contribution < -0.4 is 4.90 Å². The van der Waals surface area contributed by atoms with E-state index >= 15 is 0 Å². The minimum absolute atomic E-state index is 0.0701. The van der Waals surface area contributed by atoms with E-state index in [4.69, 9.17) is 4.52 Å². The second-order valence-corrected chi connectivity index (χ2v) is 9.03. The van der Waals surface area contributed by atoms with Crippen molar-refractivity contribution in [3.05, 3.63) is 60.1 Å². The molecule has 7 heteroatoms. The Morgan fingerprint density at radius 2 is 1.82 bits per heavy atom. The van der Waals surface area contributed by atoms with Crippen molar-refractivity contribution < 1.29 is 9.32 Å². The fraction of sp³-hybridized carbons (Fsp3) is 0.462. The van der Waals surface area contributed by atoms with Crippen LogP contribution in [0.4, 0.5) is 5.82 Å². The fourth-order valence-corrected chi connectivity index (χ4v) is 5.01. The van der Waals surface area contributed by atoms with Crippen molar-refractivity contribution >= 4 is 11.7 Å². The highest BCUT2D eigenvalue weighted by Gasteiger charge is 2.28. The zero-order valence-electron chi connectivity index (χ0n) is 19.2. The van der Waals surface area contributed by atoms with Crippen LogP contribution in [0.1, 0.15) is 62.3 Å². The maximum atomic E-state index is 13.1. The molecule has 7 nitrogen and oxygen atoms in total. The van der Waals surface area contributed by atoms with E-state index in [0.29, 0.717) is 24.8 Å². The Labute approximate surface area is 194 Å². The number of anilines is 1. The van der Waals surface area contributed by atoms with Crippen LogP contribution in [-0.4, -0.2) is 52.1 Å². The summed E-state index contributed by atoms with van der Waals surface area (Å²) < 4.78 is 5.51. The lowest BCUT2D eigenvalue weighted by atomic mass is 9.95. The van der Waals surface area contributed by atoms with E-state index in [1.165, 1.54) is 12.8 Å². The number of piperazine rings is 1. The minimum Gasteiger partial charge on any atom is -0.353 e. The Morgan fingerprint density at radius 3 is 2.48 bits per heavy atom. The highest BCUT2D eigenvalue weighted by molar-refractivity contribution is 5.84. The number of carbonyl (C=O) groups is 1. The van der Waals surface area contributed by atoms with Gasteiger partial charge < -0.3 is 14.3 Å². The van der Waals surface area contributed by atoms with Gasteiger partial charge in [-0.2, -0.15) is 4.98 Å². The van der Waals surface area contributed by atoms with Gasteiger partial charge in [-0.15, -0.1) is 0 Å². The van der Waals surface area contributed by atoms with E-state index in [2.05, 4.69) is 26.9 Å². The molecule has 0 N–H and O–H groups in total. The van der Waals surface area contributed by atoms with Crippen LogP contribution >= 0.6 is 0 Å². The second-order valence-electron chi connectivity index (χ2n) is 9.03. The molecule has 172 valence electrons. The molecule has 2 aliphatic rings. The van der Waals surface area contributed by atoms with Crippen LogP contribution in [0.2, 0.25) is 0 Å². The van der Waals surface area contributed by atoms with Crippen LogP contribution in [0.3, 0.4) is 0 Å². The first-order valence-electron chi connectivity index (χ1n) is 12.1. The summed E-state index contributed by atoms with van der Waals surface area (Å²) >= 11 is 0. The lowest BCUT2D eigenvalue weighted by Gasteiger charge is -2.37. The van der Waals surface area contributed by atoms with Crippen molar-refractivity contribution in [1.29, 1.82) is 0 Å². The summed E-state index contributed by atoms with van der Waals surface area (Å²) in [6.07, 6.45) is 7.38. The topological polar surface area (TPSA) is 75.4 Å². The molecule has 1 aromatic carbocycles. The lowest BCUT2D eigenvalue weighted by molar-refractivity contribution is -0.133. The van der Waals surface area contributed by atoms with Crippen LogP contribution in [0.5, 0.6) is 0 Å². The van der Waals surface area contributed by atoms with Gasteiger partial charge in [0, 0.05) is 43.9 Å². The molecule has 1 saturated heterocycles. The third-order valence-electron chi connectivity index (χ3n) is 6.98. The molecule has 3 aromatic rings. The average molecular weight is 446 g/mol. The largest absolute Gasteiger partial charge is 0.353 e. The number of amides is 1. The molecule has 3 heterocycles. The predicted molar refractivity (Wildman–Crippen MR) is 127 cm³/mol. The molecule has 1 aliphatic carbocycles. The number of carbonyl (C=O) groups excluding carboxylic acids is 1. The highest BCUT2D eigenvalue weighted by atomic mass is 16.5. The quantitative estimate of drug-likeness (QED) is 0.551. The standard InChI is InChI=1S/C26H31N5O2/c1-2-22(19-8-4-3-5-9-19)26(32)31-16-14-30(15-17-31)23-13-12-21(18-27-23)24-28-25(33-29-24)20-10-6-7-11-20/h3-5,8-9,12-13,18,20,22H,2,6-7,10-11,14-17H2,1H3. The van der Waals surface area contributed by atoms with E-state index in [9.17, 15) is 4.79 Å². The van der Waals surface area contributed by atoms with Crippen molar-refractivity contribution in [2.45, 2.75) is 50.9 Å². The number of hydrogen-bond donors (Lipinski definition) is 0. The maximum absolute atomic E-state index is 13.1. The zero-order chi connectivity index (χ0) is 22.6. The number of hydrogen-bond acceptors (Lipinski definition) is 6. The van der Waals surface area contributed by atoms with Crippen LogP contribution in [0, 0.1) is 0 Å². The summed E-state index contributed by atoms with van der Waals surface area (Å²) in [5.41, 5.74) is 1.97. The number of aromatic nitrogens is 3. The van der Waals surface area contributed by atoms with Gasteiger partial charge in [0.05, 0.1) is 5.92 Å². The summed E-state index contributed by atoms with van der Waals surface area (Å²) in [5, 5.41) is 4.17. The summed E-state index contributed by atoms with van der Waals surface area (Å²) in [6.45, 7) is 5.05. The van der Waals surface area contributed by atoms with E-state index in [-0.39, 0.29) is 11.8 Å². The van der Waals surface area contributed by atoms with Gasteiger partial charge in [0.15, 0.2) is 0 Å². The van der Waals surface area contributed by atoms with Crippen molar-refractivity contribution in [3.8, 4) is 11.4 Å². The number of rotatable bonds is 6. The van der Waals surface area contributed by atoms with Gasteiger partial charge in [0.1, 0.15) is 5.82 Å². The monoisotopic (exact) mass is 445 g/mol. The van der Waals surface area contributed by atoms with E-state index < -0.39 is 0 Å². The Balaban J connectivity index is 1.19. The molecule has 5 rings (SSSR count). The number of benzene rings is 1. The number of pyridine rings is 1. The molecule has 1 unspecified atom stereocenters. The van der Waals surface area contributed by atoms with Crippen LogP contribution in [0.15, 0.2) is 53.2 Å². The Morgan fingerprint density at radius 1 is 1.06 bits per heavy atom. The van der Waals surface area contributed by atoms with Crippen molar-refractivity contribution in [2.75, 3.05) is 31.1 Å². The molecular formula is C26H31N5O2. The summed E-state index contributed by atoms with van der Waals surface area (Å²) in [4.78, 5) is 26.6. The summed E-state index contributed by atoms with van der Waals surface area (Å²) in [7, 11) is 0. The third-order valence-corrected chi connectivity index (χ3v) is 6.98. The molecule has 1 amide bonds. The third kappa shape index (κ3) is 4.63. The molecule has 2 aromatic heterocycles. The lowest BCUT2D eigenvalue weighted by Crippen LogP contribution is -2.50. The Kier molecular flexibility index (Phi) is 6.37. The van der Waals surface area contributed by atoms with E-state index in [0.717, 1.165) is 55.2 Å². The van der Waals surface area contributed by atoms with Crippen LogP contribution in [-0.2, 0) is 4.79 Å². The first-order valence-corrected chi connectivity index (χ1v) is 12.1. The van der Waals surface area contributed by atoms with Crippen molar-refractivity contribution in [2.24, 2.45) is 0 Å². The summed E-state index contributed by atoms with van der Waals surface area (Å²) in [6, 6.07) is 14.1. The molecule has 33 heavy (non-hydrogen) atoms. The zero-order valence-corrected chi connectivity index (χ0v) is 19.2. The van der Waals surface area contributed by atoms with Gasteiger partial charge in [-0.25, -0.2) is 4.98 Å². The van der Waals surface area contributed by atoms with Crippen LogP contribution in [0.25, 0.3) is 11.4 Å². The molecular weight excluding hydrogens is 414 g/mol. The molecule has 0 radical (unpaired) electrons. The predicted octanol–water partition coefficient (Wildman–Crippen LogP) is 4.63. The van der Waals surface area contributed by atoms with Gasteiger partial charge in [-0.05, 0) is 37.0 Å². The number of nitrogens with zero attached hydrogens (tertiary/aromatic N) is 5. The van der Waals surface area contributed by atoms with Crippen molar-refractivity contribution in [1.82, 2.24) is 20.0 Å². The van der Waals surface area contributed by atoms with E-state index in [1.54, 1.807) is 0 Å². The summed E-state index contributed by atoms with van der Waals surface area (Å²) in [5.74, 6) is 2.85. The molecule has 1 saturated carbocycles. The van der Waals surface area contributed by atoms with Gasteiger partial charge in [-0.3, -0.25) is 4.79 Å². The van der Waals surface area contributed by atoms with Crippen molar-refractivity contribution in [3.63, 3.8) is 0 Å². The van der Waals surface area contributed by atoms with Gasteiger partial charge in [0.2, 0.25) is 17.6 Å². The normalized spacial score (nSPS) is 18.0. The molecule has 1 atom stereocenters. The Bertz CT molecular complexity index is 1050. The molecule has 1 aliphatic heterocycles. The molecule has 0 bridgehead atoms. The van der Waals surface area contributed by atoms with Gasteiger partial charge in [0.25, 0.3) is 0 Å². The fourth-order valence-electron chi connectivity index (χ4n) is 5.01. The first-order chi connectivity index (χ1) is 16.2. The van der Waals surface area contributed by atoms with Gasteiger partial charge in [-0.1, -0.05) is 55.3 Å². The SMILES string of the molecule is CCC(C(=O)N1CCN(c2ccc(-c3noc(C4CCCC4)n3)cn2)CC1)c1ccccc1. The smallest absolute Gasteiger partial charge is 0.230 e. The molecule has 2 fully saturated rings. The minimum atomic E-state index is -0.0701. The van der Waals surface area contributed by atoms with Gasteiger partial charge >= 0.3 is 0 Å².